The predicted octanol–water partition coefficient (Wildman–Crippen LogP) is 2.46. The Morgan fingerprint density at radius 2 is 1.88 bits per heavy atom. The van der Waals surface area contributed by atoms with Gasteiger partial charge in [-0.05, 0) is 17.7 Å². The third kappa shape index (κ3) is 2.75. The SMILES string of the molecule is CCN(CC)S(=O)(=O)c1cccc(CCl)c1. The maximum Gasteiger partial charge on any atom is 0.243 e. The van der Waals surface area contributed by atoms with Crippen LogP contribution in [0.4, 0.5) is 0 Å². The Morgan fingerprint density at radius 3 is 2.38 bits per heavy atom. The summed E-state index contributed by atoms with van der Waals surface area (Å²) in [7, 11) is -3.36. The number of alkyl halides is 1. The molecule has 0 aliphatic carbocycles. The summed E-state index contributed by atoms with van der Waals surface area (Å²) < 4.78 is 25.7. The Bertz CT molecular complexity index is 441. The molecule has 16 heavy (non-hydrogen) atoms. The number of nitrogens with zero attached hydrogens (tertiary/aromatic N) is 1. The molecular formula is C11H16ClNO2S. The molecule has 1 aromatic rings. The maximum atomic E-state index is 12.1. The number of hydrogen-bond donors (Lipinski definition) is 0. The first-order valence-electron chi connectivity index (χ1n) is 5.21. The average molecular weight is 262 g/mol. The molecule has 90 valence electrons. The van der Waals surface area contributed by atoms with E-state index in [2.05, 4.69) is 0 Å². The highest BCUT2D eigenvalue weighted by Crippen LogP contribution is 2.17. The van der Waals surface area contributed by atoms with Crippen LogP contribution in [0.3, 0.4) is 0 Å². The highest BCUT2D eigenvalue weighted by Gasteiger charge is 2.21. The van der Waals surface area contributed by atoms with Crippen molar-refractivity contribution < 1.29 is 8.42 Å². The van der Waals surface area contributed by atoms with Gasteiger partial charge in [0.2, 0.25) is 10.0 Å². The van der Waals surface area contributed by atoms with Gasteiger partial charge in [-0.2, -0.15) is 4.31 Å². The summed E-state index contributed by atoms with van der Waals surface area (Å²) in [6.07, 6.45) is 0. The molecule has 0 atom stereocenters. The summed E-state index contributed by atoms with van der Waals surface area (Å²) in [5.41, 5.74) is 0.815. The van der Waals surface area contributed by atoms with Crippen LogP contribution in [0, 0.1) is 0 Å². The second-order valence-electron chi connectivity index (χ2n) is 3.37. The topological polar surface area (TPSA) is 37.4 Å². The molecule has 1 aromatic carbocycles. The summed E-state index contributed by atoms with van der Waals surface area (Å²) in [5, 5.41) is 0. The third-order valence-corrected chi connectivity index (χ3v) is 4.75. The van der Waals surface area contributed by atoms with Crippen LogP contribution < -0.4 is 0 Å². The standard InChI is InChI=1S/C11H16ClNO2S/c1-3-13(4-2)16(14,15)11-7-5-6-10(8-11)9-12/h5-8H,3-4,9H2,1-2H3. The summed E-state index contributed by atoms with van der Waals surface area (Å²) in [4.78, 5) is 0.314. The highest BCUT2D eigenvalue weighted by molar-refractivity contribution is 7.89. The van der Waals surface area contributed by atoms with E-state index < -0.39 is 10.0 Å². The van der Waals surface area contributed by atoms with E-state index in [4.69, 9.17) is 11.6 Å². The molecule has 0 aliphatic rings. The largest absolute Gasteiger partial charge is 0.243 e. The van der Waals surface area contributed by atoms with Crippen LogP contribution in [0.5, 0.6) is 0 Å². The minimum Gasteiger partial charge on any atom is -0.207 e. The molecule has 0 N–H and O–H groups in total. The lowest BCUT2D eigenvalue weighted by Crippen LogP contribution is -2.30. The molecule has 5 heteroatoms. The van der Waals surface area contributed by atoms with Crippen molar-refractivity contribution in [1.29, 1.82) is 0 Å². The second kappa shape index (κ2) is 5.66. The number of rotatable bonds is 5. The normalized spacial score (nSPS) is 12.0. The van der Waals surface area contributed by atoms with E-state index in [1.54, 1.807) is 18.2 Å². The van der Waals surface area contributed by atoms with Crippen LogP contribution in [0.15, 0.2) is 29.2 Å². The van der Waals surface area contributed by atoms with Crippen molar-refractivity contribution in [3.05, 3.63) is 29.8 Å². The Kier molecular flexibility index (Phi) is 4.77. The molecule has 1 rings (SSSR count). The molecule has 0 heterocycles. The molecule has 0 saturated heterocycles. The van der Waals surface area contributed by atoms with Gasteiger partial charge in [-0.3, -0.25) is 0 Å². The number of sulfonamides is 1. The fourth-order valence-corrected chi connectivity index (χ4v) is 3.20. The van der Waals surface area contributed by atoms with Crippen molar-refractivity contribution in [2.45, 2.75) is 24.6 Å². The summed E-state index contributed by atoms with van der Waals surface area (Å²) >= 11 is 5.69. The Hall–Kier alpha value is -0.580. The fraction of sp³-hybridized carbons (Fsp3) is 0.455. The average Bonchev–Trinajstić information content (AvgIpc) is 2.30. The van der Waals surface area contributed by atoms with Crippen molar-refractivity contribution >= 4 is 21.6 Å². The zero-order valence-electron chi connectivity index (χ0n) is 9.48. The van der Waals surface area contributed by atoms with Gasteiger partial charge < -0.3 is 0 Å². The van der Waals surface area contributed by atoms with E-state index in [0.717, 1.165) is 5.56 Å². The van der Waals surface area contributed by atoms with Crippen molar-refractivity contribution in [3.8, 4) is 0 Å². The van der Waals surface area contributed by atoms with Crippen molar-refractivity contribution in [3.63, 3.8) is 0 Å². The van der Waals surface area contributed by atoms with E-state index in [9.17, 15) is 8.42 Å². The zero-order valence-corrected chi connectivity index (χ0v) is 11.1. The quantitative estimate of drug-likeness (QED) is 0.764. The number of hydrogen-bond acceptors (Lipinski definition) is 2. The molecule has 0 spiro atoms. The van der Waals surface area contributed by atoms with E-state index in [0.29, 0.717) is 23.9 Å². The van der Waals surface area contributed by atoms with Crippen LogP contribution in [0.25, 0.3) is 0 Å². The highest BCUT2D eigenvalue weighted by atomic mass is 35.5. The minimum absolute atomic E-state index is 0.314. The molecule has 0 saturated carbocycles. The molecule has 0 radical (unpaired) electrons. The molecule has 0 aromatic heterocycles. The molecule has 0 amide bonds. The lowest BCUT2D eigenvalue weighted by molar-refractivity contribution is 0.445. The van der Waals surface area contributed by atoms with Crippen LogP contribution in [-0.2, 0) is 15.9 Å². The first-order valence-corrected chi connectivity index (χ1v) is 7.18. The Balaban J connectivity index is 3.16. The van der Waals surface area contributed by atoms with Crippen LogP contribution in [0.2, 0.25) is 0 Å². The van der Waals surface area contributed by atoms with E-state index in [-0.39, 0.29) is 0 Å². The van der Waals surface area contributed by atoms with E-state index >= 15 is 0 Å². The first kappa shape index (κ1) is 13.5. The molecule has 0 aliphatic heterocycles. The van der Waals surface area contributed by atoms with Gasteiger partial charge in [-0.15, -0.1) is 11.6 Å². The summed E-state index contributed by atoms with van der Waals surface area (Å²) in [6, 6.07) is 6.76. The molecular weight excluding hydrogens is 246 g/mol. The smallest absolute Gasteiger partial charge is 0.207 e. The second-order valence-corrected chi connectivity index (χ2v) is 5.58. The third-order valence-electron chi connectivity index (χ3n) is 2.40. The Morgan fingerprint density at radius 1 is 1.25 bits per heavy atom. The van der Waals surface area contributed by atoms with Gasteiger partial charge in [0.1, 0.15) is 0 Å². The predicted molar refractivity (Wildman–Crippen MR) is 66.1 cm³/mol. The monoisotopic (exact) mass is 261 g/mol. The zero-order chi connectivity index (χ0) is 12.2. The number of halogens is 1. The van der Waals surface area contributed by atoms with Crippen LogP contribution in [-0.4, -0.2) is 25.8 Å². The lowest BCUT2D eigenvalue weighted by Gasteiger charge is -2.18. The minimum atomic E-state index is -3.36. The van der Waals surface area contributed by atoms with E-state index in [1.807, 2.05) is 19.9 Å². The van der Waals surface area contributed by atoms with Gasteiger partial charge >= 0.3 is 0 Å². The first-order chi connectivity index (χ1) is 7.56. The fourth-order valence-electron chi connectivity index (χ4n) is 1.50. The van der Waals surface area contributed by atoms with Gasteiger partial charge in [0, 0.05) is 19.0 Å². The molecule has 0 unspecified atom stereocenters. The Labute approximate surface area is 102 Å². The lowest BCUT2D eigenvalue weighted by atomic mass is 10.2. The van der Waals surface area contributed by atoms with Crippen molar-refractivity contribution in [2.75, 3.05) is 13.1 Å². The van der Waals surface area contributed by atoms with Gasteiger partial charge in [0.05, 0.1) is 4.90 Å². The summed E-state index contributed by atoms with van der Waals surface area (Å²) in [5.74, 6) is 0.321. The van der Waals surface area contributed by atoms with Gasteiger partial charge in [0.15, 0.2) is 0 Å². The maximum absolute atomic E-state index is 12.1. The summed E-state index contributed by atoms with van der Waals surface area (Å²) in [6.45, 7) is 4.60. The number of benzene rings is 1. The van der Waals surface area contributed by atoms with Crippen LogP contribution in [0.1, 0.15) is 19.4 Å². The van der Waals surface area contributed by atoms with Crippen LogP contribution >= 0.6 is 11.6 Å². The van der Waals surface area contributed by atoms with E-state index in [1.165, 1.54) is 4.31 Å². The molecule has 3 nitrogen and oxygen atoms in total. The van der Waals surface area contributed by atoms with Gasteiger partial charge in [0.25, 0.3) is 0 Å². The molecule has 0 fully saturated rings. The molecule has 0 bridgehead atoms. The van der Waals surface area contributed by atoms with Crippen molar-refractivity contribution in [2.24, 2.45) is 0 Å². The van der Waals surface area contributed by atoms with Crippen molar-refractivity contribution in [1.82, 2.24) is 4.31 Å². The van der Waals surface area contributed by atoms with Gasteiger partial charge in [-0.1, -0.05) is 26.0 Å². The van der Waals surface area contributed by atoms with Gasteiger partial charge in [-0.25, -0.2) is 8.42 Å².